The van der Waals surface area contributed by atoms with Crippen LogP contribution in [-0.2, 0) is 31.6 Å². The maximum Gasteiger partial charge on any atom is 0.565 e. The number of halogens is 2. The third-order valence-electron chi connectivity index (χ3n) is 6.70. The Morgan fingerprint density at radius 2 is 1.39 bits per heavy atom. The monoisotopic (exact) mass is 510 g/mol. The maximum atomic E-state index is 14.0. The van der Waals surface area contributed by atoms with Gasteiger partial charge >= 0.3 is 8.84 Å². The number of benzene rings is 2. The van der Waals surface area contributed by atoms with Crippen molar-refractivity contribution in [1.29, 1.82) is 0 Å². The number of allylic oxidation sites excluding steroid dienone is 1. The minimum absolute atomic E-state index is 0. The van der Waals surface area contributed by atoms with Crippen LogP contribution in [0, 0.1) is 0 Å². The Bertz CT molecular complexity index is 921. The zero-order valence-electron chi connectivity index (χ0n) is 19.7. The second-order valence-corrected chi connectivity index (χ2v) is 12.5. The largest absolute Gasteiger partial charge is 1.00 e. The minimum Gasteiger partial charge on any atom is -1.00 e. The fourth-order valence-electron chi connectivity index (χ4n) is 3.99. The zero-order chi connectivity index (χ0) is 20.7. The van der Waals surface area contributed by atoms with E-state index in [9.17, 15) is 4.46 Å². The fraction of sp³-hybridized carbons (Fsp3) is 0.440. The van der Waals surface area contributed by atoms with Crippen molar-refractivity contribution in [3.63, 3.8) is 0 Å². The summed E-state index contributed by atoms with van der Waals surface area (Å²) in [7, 11) is 2.26. The number of hydrogen-bond acceptors (Lipinski definition) is 1. The molecule has 0 fully saturated rings. The first-order chi connectivity index (χ1) is 12.9. The van der Waals surface area contributed by atoms with Gasteiger partial charge in [0.1, 0.15) is 5.54 Å². The van der Waals surface area contributed by atoms with Gasteiger partial charge in [0.2, 0.25) is 0 Å². The van der Waals surface area contributed by atoms with Crippen molar-refractivity contribution in [1.82, 2.24) is 0 Å². The number of hydrogen-bond donors (Lipinski definition) is 0. The predicted octanol–water partition coefficient (Wildman–Crippen LogP) is -0.127. The van der Waals surface area contributed by atoms with Crippen molar-refractivity contribution in [2.75, 3.05) is 14.1 Å². The number of nitrogens with zero attached hydrogens (tertiary/aromatic N) is 1. The summed E-state index contributed by atoms with van der Waals surface area (Å²) in [4.78, 5) is 0. The van der Waals surface area contributed by atoms with Gasteiger partial charge in [-0.3, -0.25) is 0 Å². The van der Waals surface area contributed by atoms with E-state index in [0.29, 0.717) is 4.15 Å². The Balaban J connectivity index is 0.00000300. The van der Waals surface area contributed by atoms with Crippen LogP contribution in [0.25, 0.3) is 6.08 Å². The van der Waals surface area contributed by atoms with Crippen molar-refractivity contribution < 1.29 is 55.1 Å². The first kappa shape index (κ1) is 30.5. The van der Waals surface area contributed by atoms with Crippen LogP contribution in [0.5, 0.6) is 0 Å². The van der Waals surface area contributed by atoms with E-state index >= 15 is 0 Å². The molecule has 2 aromatic carbocycles. The van der Waals surface area contributed by atoms with Crippen LogP contribution in [0.3, 0.4) is 0 Å². The summed E-state index contributed by atoms with van der Waals surface area (Å²) in [5, 5.41) is 0. The quantitative estimate of drug-likeness (QED) is 0.512. The van der Waals surface area contributed by atoms with Gasteiger partial charge in [0.15, 0.2) is 0 Å². The SMILES string of the molecule is CC(C)(CC1=Cc2ccccc2C1[Si](=O)[N+](C)(C)C(C)(C)C)c1ccccc1.[Cl-].[Cl-].[Ti]. The molecule has 1 atom stereocenters. The van der Waals surface area contributed by atoms with Crippen molar-refractivity contribution in [3.8, 4) is 0 Å². The molecule has 0 N–H and O–H groups in total. The first-order valence-electron chi connectivity index (χ1n) is 10.2. The molecule has 2 aromatic rings. The summed E-state index contributed by atoms with van der Waals surface area (Å²) in [5.74, 6) is 0. The average Bonchev–Trinajstić information content (AvgIpc) is 2.97. The maximum absolute atomic E-state index is 14.0. The molecule has 168 valence electrons. The molecule has 0 saturated heterocycles. The summed E-state index contributed by atoms with van der Waals surface area (Å²) in [5.41, 5.74) is 5.05. The molecule has 1 aliphatic carbocycles. The van der Waals surface area contributed by atoms with E-state index in [-0.39, 0.29) is 63.0 Å². The van der Waals surface area contributed by atoms with E-state index in [2.05, 4.69) is 109 Å². The van der Waals surface area contributed by atoms with Crippen LogP contribution in [0.15, 0.2) is 60.2 Å². The van der Waals surface area contributed by atoms with Gasteiger partial charge in [-0.2, -0.15) is 0 Å². The number of fused-ring (bicyclic) bond motifs is 1. The van der Waals surface area contributed by atoms with Crippen LogP contribution in [0.1, 0.15) is 63.3 Å². The van der Waals surface area contributed by atoms with Crippen molar-refractivity contribution in [2.24, 2.45) is 0 Å². The molecular formula is C25H34Cl2NOSiTi-. The molecule has 0 bridgehead atoms. The Labute approximate surface area is 217 Å². The van der Waals surface area contributed by atoms with E-state index in [0.717, 1.165) is 6.42 Å². The molecular weight excluding hydrogens is 477 g/mol. The third-order valence-corrected chi connectivity index (χ3v) is 9.64. The Morgan fingerprint density at radius 3 is 1.94 bits per heavy atom. The topological polar surface area (TPSA) is 17.1 Å². The van der Waals surface area contributed by atoms with E-state index in [4.69, 9.17) is 0 Å². The van der Waals surface area contributed by atoms with E-state index < -0.39 is 8.84 Å². The summed E-state index contributed by atoms with van der Waals surface area (Å²) in [6, 6.07) is 19.2. The summed E-state index contributed by atoms with van der Waals surface area (Å²) >= 11 is 0. The molecule has 0 aromatic heterocycles. The molecule has 0 heterocycles. The van der Waals surface area contributed by atoms with E-state index in [1.54, 1.807) is 0 Å². The predicted molar refractivity (Wildman–Crippen MR) is 120 cm³/mol. The second kappa shape index (κ2) is 11.0. The second-order valence-electron chi connectivity index (χ2n) is 10.2. The molecule has 0 spiro atoms. The Kier molecular flexibility index (Phi) is 10.9. The molecule has 0 amide bonds. The van der Waals surface area contributed by atoms with Crippen molar-refractivity contribution in [3.05, 3.63) is 76.9 Å². The van der Waals surface area contributed by atoms with Crippen LogP contribution in [0.2, 0.25) is 0 Å². The summed E-state index contributed by atoms with van der Waals surface area (Å²) < 4.78 is 14.6. The number of rotatable bonds is 5. The molecule has 1 unspecified atom stereocenters. The van der Waals surface area contributed by atoms with Crippen LogP contribution in [-0.4, -0.2) is 32.6 Å². The van der Waals surface area contributed by atoms with Gasteiger partial charge in [-0.15, -0.1) is 0 Å². The molecule has 0 radical (unpaired) electrons. The van der Waals surface area contributed by atoms with Crippen LogP contribution < -0.4 is 24.8 Å². The minimum atomic E-state index is -1.99. The van der Waals surface area contributed by atoms with E-state index in [1.165, 1.54) is 22.3 Å². The van der Waals surface area contributed by atoms with Gasteiger partial charge in [-0.05, 0) is 49.3 Å². The molecule has 0 saturated carbocycles. The van der Waals surface area contributed by atoms with Gasteiger partial charge < -0.3 is 33.4 Å². The smallest absolute Gasteiger partial charge is 0.565 e. The molecule has 2 nitrogen and oxygen atoms in total. The molecule has 6 heteroatoms. The third kappa shape index (κ3) is 6.07. The molecule has 1 aliphatic rings. The normalized spacial score (nSPS) is 15.6. The van der Waals surface area contributed by atoms with Gasteiger partial charge in [0, 0.05) is 21.7 Å². The van der Waals surface area contributed by atoms with E-state index in [1.807, 2.05) is 0 Å². The van der Waals surface area contributed by atoms with Crippen LogP contribution >= 0.6 is 0 Å². The van der Waals surface area contributed by atoms with Gasteiger partial charge in [0.25, 0.3) is 0 Å². The van der Waals surface area contributed by atoms with Crippen molar-refractivity contribution in [2.45, 2.75) is 57.5 Å². The zero-order valence-corrected chi connectivity index (χ0v) is 23.7. The molecule has 3 rings (SSSR count). The Hall–Kier alpha value is -0.549. The standard InChI is InChI=1S/C25H34NOSi.2ClH.Ti/c1-24(2,3)26(6,7)28(27)23-20(17-19-13-11-12-16-22(19)23)18-25(4,5)21-14-9-8-10-15-21;;;/h8-17,23H,18H2,1-7H3;2*1H;/q+1;;;/p-2. The fourth-order valence-corrected chi connectivity index (χ4v) is 6.33. The van der Waals surface area contributed by atoms with Gasteiger partial charge in [-0.25, -0.2) is 0 Å². The molecule has 0 aliphatic heterocycles. The summed E-state index contributed by atoms with van der Waals surface area (Å²) in [6.45, 7) is 11.2. The molecule has 31 heavy (non-hydrogen) atoms. The first-order valence-corrected chi connectivity index (χ1v) is 11.6. The number of quaternary nitrogens is 1. The van der Waals surface area contributed by atoms with Gasteiger partial charge in [0.05, 0.1) is 19.6 Å². The van der Waals surface area contributed by atoms with Crippen LogP contribution in [0.4, 0.5) is 0 Å². The average molecular weight is 511 g/mol. The van der Waals surface area contributed by atoms with Crippen molar-refractivity contribution >= 4 is 14.9 Å². The van der Waals surface area contributed by atoms with Gasteiger partial charge in [-0.1, -0.05) is 80.1 Å². The Morgan fingerprint density at radius 1 is 0.871 bits per heavy atom. The summed E-state index contributed by atoms with van der Waals surface area (Å²) in [6.07, 6.45) is 3.22.